The molecule has 0 saturated carbocycles. The van der Waals surface area contributed by atoms with Gasteiger partial charge in [-0.15, -0.1) is 0 Å². The van der Waals surface area contributed by atoms with Crippen molar-refractivity contribution in [2.45, 2.75) is 46.5 Å². The van der Waals surface area contributed by atoms with Gasteiger partial charge >= 0.3 is 0 Å². The normalized spacial score (nSPS) is 11.3. The van der Waals surface area contributed by atoms with Crippen LogP contribution in [0, 0.1) is 5.92 Å². The third kappa shape index (κ3) is 2.98. The molecular weight excluding hydrogens is 188 g/mol. The number of nitrogens with one attached hydrogen (secondary N) is 1. The van der Waals surface area contributed by atoms with Crippen LogP contribution in [0.1, 0.15) is 44.9 Å². The lowest BCUT2D eigenvalue weighted by molar-refractivity contribution is 0.615. The molecule has 3 heteroatoms. The van der Waals surface area contributed by atoms with Gasteiger partial charge in [0, 0.05) is 18.3 Å². The molecular formula is C12H22N2O. The quantitative estimate of drug-likeness (QED) is 0.795. The zero-order valence-corrected chi connectivity index (χ0v) is 10.3. The van der Waals surface area contributed by atoms with Crippen LogP contribution < -0.4 is 5.56 Å². The van der Waals surface area contributed by atoms with Gasteiger partial charge in [0.1, 0.15) is 0 Å². The van der Waals surface area contributed by atoms with Crippen molar-refractivity contribution in [3.63, 3.8) is 0 Å². The second kappa shape index (κ2) is 5.19. The molecule has 1 heterocycles. The molecule has 0 bridgehead atoms. The van der Waals surface area contributed by atoms with E-state index in [0.29, 0.717) is 5.92 Å². The number of H-pyrrole nitrogens is 1. The Hall–Kier alpha value is -0.990. The molecule has 0 aliphatic heterocycles. The summed E-state index contributed by atoms with van der Waals surface area (Å²) in [5.74, 6) is 0.587. The van der Waals surface area contributed by atoms with Crippen molar-refractivity contribution in [3.05, 3.63) is 21.6 Å². The molecule has 1 N–H and O–H groups in total. The first kappa shape index (κ1) is 12.1. The Morgan fingerprint density at radius 2 is 2.07 bits per heavy atom. The lowest BCUT2D eigenvalue weighted by Gasteiger charge is -2.04. The van der Waals surface area contributed by atoms with Crippen molar-refractivity contribution >= 4 is 0 Å². The van der Waals surface area contributed by atoms with E-state index in [9.17, 15) is 4.79 Å². The average molecular weight is 210 g/mol. The van der Waals surface area contributed by atoms with Gasteiger partial charge in [0.2, 0.25) is 0 Å². The molecule has 0 spiro atoms. The fourth-order valence-electron chi connectivity index (χ4n) is 1.84. The number of aromatic nitrogens is 2. The minimum absolute atomic E-state index is 0.152. The fourth-order valence-corrected chi connectivity index (χ4v) is 1.84. The van der Waals surface area contributed by atoms with Crippen molar-refractivity contribution in [1.82, 2.24) is 9.78 Å². The van der Waals surface area contributed by atoms with Crippen LogP contribution in [0.3, 0.4) is 0 Å². The van der Waals surface area contributed by atoms with Gasteiger partial charge < -0.3 is 0 Å². The molecule has 15 heavy (non-hydrogen) atoms. The zero-order chi connectivity index (χ0) is 11.4. The van der Waals surface area contributed by atoms with Crippen molar-refractivity contribution < 1.29 is 0 Å². The van der Waals surface area contributed by atoms with Crippen LogP contribution in [-0.2, 0) is 19.9 Å². The summed E-state index contributed by atoms with van der Waals surface area (Å²) in [4.78, 5) is 11.8. The largest absolute Gasteiger partial charge is 0.300 e. The van der Waals surface area contributed by atoms with E-state index in [1.54, 1.807) is 11.7 Å². The van der Waals surface area contributed by atoms with Crippen molar-refractivity contribution in [1.29, 1.82) is 0 Å². The average Bonchev–Trinajstić information content (AvgIpc) is 2.40. The Bertz CT molecular complexity index is 360. The second-order valence-electron chi connectivity index (χ2n) is 4.63. The SMILES string of the molecule is CCCCc1c(CC(C)C)[nH]n(C)c1=O. The van der Waals surface area contributed by atoms with E-state index in [1.165, 1.54) is 0 Å². The van der Waals surface area contributed by atoms with E-state index >= 15 is 0 Å². The summed E-state index contributed by atoms with van der Waals surface area (Å²) in [6, 6.07) is 0. The molecule has 3 nitrogen and oxygen atoms in total. The summed E-state index contributed by atoms with van der Waals surface area (Å²) in [7, 11) is 1.79. The van der Waals surface area contributed by atoms with Gasteiger partial charge in [0.15, 0.2) is 0 Å². The van der Waals surface area contributed by atoms with Gasteiger partial charge in [-0.05, 0) is 25.2 Å². The molecule has 1 aromatic heterocycles. The molecule has 0 radical (unpaired) electrons. The first-order chi connectivity index (χ1) is 7.06. The molecule has 0 aromatic carbocycles. The van der Waals surface area contributed by atoms with Crippen LogP contribution in [0.5, 0.6) is 0 Å². The minimum atomic E-state index is 0.152. The molecule has 1 aromatic rings. The first-order valence-corrected chi connectivity index (χ1v) is 5.83. The summed E-state index contributed by atoms with van der Waals surface area (Å²) in [6.45, 7) is 6.50. The Balaban J connectivity index is 2.93. The van der Waals surface area contributed by atoms with Gasteiger partial charge in [0.25, 0.3) is 5.56 Å². The molecule has 0 aliphatic carbocycles. The molecule has 0 aliphatic rings. The number of hydrogen-bond donors (Lipinski definition) is 1. The van der Waals surface area contributed by atoms with Crippen molar-refractivity contribution in [2.75, 3.05) is 0 Å². The highest BCUT2D eigenvalue weighted by Crippen LogP contribution is 2.10. The number of aryl methyl sites for hydroxylation is 1. The number of aromatic amines is 1. The van der Waals surface area contributed by atoms with E-state index in [1.807, 2.05) is 0 Å². The number of nitrogens with zero attached hydrogens (tertiary/aromatic N) is 1. The van der Waals surface area contributed by atoms with E-state index < -0.39 is 0 Å². The van der Waals surface area contributed by atoms with Crippen LogP contribution in [0.25, 0.3) is 0 Å². The third-order valence-electron chi connectivity index (χ3n) is 2.62. The Morgan fingerprint density at radius 3 is 2.60 bits per heavy atom. The van der Waals surface area contributed by atoms with E-state index in [2.05, 4.69) is 25.9 Å². The highest BCUT2D eigenvalue weighted by molar-refractivity contribution is 5.18. The van der Waals surface area contributed by atoms with Crippen LogP contribution in [0.2, 0.25) is 0 Å². The van der Waals surface area contributed by atoms with Gasteiger partial charge in [0.05, 0.1) is 0 Å². The number of hydrogen-bond acceptors (Lipinski definition) is 1. The minimum Gasteiger partial charge on any atom is -0.300 e. The Morgan fingerprint density at radius 1 is 1.40 bits per heavy atom. The smallest absolute Gasteiger partial charge is 0.269 e. The molecule has 0 atom stereocenters. The molecule has 0 amide bonds. The Kier molecular flexibility index (Phi) is 4.18. The van der Waals surface area contributed by atoms with Crippen molar-refractivity contribution in [2.24, 2.45) is 13.0 Å². The van der Waals surface area contributed by atoms with Crippen LogP contribution >= 0.6 is 0 Å². The van der Waals surface area contributed by atoms with E-state index in [4.69, 9.17) is 0 Å². The van der Waals surface area contributed by atoms with E-state index in [0.717, 1.165) is 36.9 Å². The highest BCUT2D eigenvalue weighted by atomic mass is 16.1. The zero-order valence-electron chi connectivity index (χ0n) is 10.3. The predicted octanol–water partition coefficient (Wildman–Crippen LogP) is 2.25. The highest BCUT2D eigenvalue weighted by Gasteiger charge is 2.12. The van der Waals surface area contributed by atoms with Crippen molar-refractivity contribution in [3.8, 4) is 0 Å². The molecule has 0 unspecified atom stereocenters. The van der Waals surface area contributed by atoms with Gasteiger partial charge in [-0.1, -0.05) is 27.2 Å². The second-order valence-corrected chi connectivity index (χ2v) is 4.63. The number of unbranched alkanes of at least 4 members (excludes halogenated alkanes) is 1. The van der Waals surface area contributed by atoms with Gasteiger partial charge in [-0.3, -0.25) is 14.6 Å². The summed E-state index contributed by atoms with van der Waals surface area (Å²) < 4.78 is 1.60. The lowest BCUT2D eigenvalue weighted by Crippen LogP contribution is -2.15. The summed E-state index contributed by atoms with van der Waals surface area (Å²) in [5, 5.41) is 3.16. The standard InChI is InChI=1S/C12H22N2O/c1-5-6-7-10-11(8-9(2)3)13-14(4)12(10)15/h9,13H,5-8H2,1-4H3. The molecule has 86 valence electrons. The van der Waals surface area contributed by atoms with Gasteiger partial charge in [-0.2, -0.15) is 0 Å². The van der Waals surface area contributed by atoms with Crippen LogP contribution in [0.4, 0.5) is 0 Å². The van der Waals surface area contributed by atoms with Crippen LogP contribution in [0.15, 0.2) is 4.79 Å². The lowest BCUT2D eigenvalue weighted by atomic mass is 10.0. The third-order valence-corrected chi connectivity index (χ3v) is 2.62. The topological polar surface area (TPSA) is 37.8 Å². The molecule has 1 rings (SSSR count). The first-order valence-electron chi connectivity index (χ1n) is 5.83. The fraction of sp³-hybridized carbons (Fsp3) is 0.750. The monoisotopic (exact) mass is 210 g/mol. The number of rotatable bonds is 5. The molecule has 0 saturated heterocycles. The maximum Gasteiger partial charge on any atom is 0.269 e. The predicted molar refractivity (Wildman–Crippen MR) is 63.2 cm³/mol. The van der Waals surface area contributed by atoms with Crippen LogP contribution in [-0.4, -0.2) is 9.78 Å². The summed E-state index contributed by atoms with van der Waals surface area (Å²) in [6.07, 6.45) is 4.11. The Labute approximate surface area is 91.5 Å². The summed E-state index contributed by atoms with van der Waals surface area (Å²) >= 11 is 0. The maximum atomic E-state index is 11.8. The molecule has 0 fully saturated rings. The summed E-state index contributed by atoms with van der Waals surface area (Å²) in [5.41, 5.74) is 2.28. The maximum absolute atomic E-state index is 11.8. The van der Waals surface area contributed by atoms with Gasteiger partial charge in [-0.25, -0.2) is 0 Å². The van der Waals surface area contributed by atoms with E-state index in [-0.39, 0.29) is 5.56 Å².